The summed E-state index contributed by atoms with van der Waals surface area (Å²) in [4.78, 5) is 15.4. The molecule has 1 heterocycles. The Morgan fingerprint density at radius 1 is 1.33 bits per heavy atom. The van der Waals surface area contributed by atoms with Crippen molar-refractivity contribution >= 4 is 17.6 Å². The molecule has 92 valence electrons. The summed E-state index contributed by atoms with van der Waals surface area (Å²) in [5.41, 5.74) is 0.539. The van der Waals surface area contributed by atoms with E-state index in [4.69, 9.17) is 11.6 Å². The van der Waals surface area contributed by atoms with Crippen LogP contribution in [0.2, 0.25) is 5.02 Å². The first-order valence-corrected chi connectivity index (χ1v) is 5.51. The molecule has 5 heteroatoms. The molecule has 0 fully saturated rings. The van der Waals surface area contributed by atoms with Crippen LogP contribution in [0.25, 0.3) is 11.3 Å². The van der Waals surface area contributed by atoms with Crippen molar-refractivity contribution < 1.29 is 13.9 Å². The molecule has 3 nitrogen and oxygen atoms in total. The molecule has 0 saturated carbocycles. The number of carbonyl (C=O) groups excluding carboxylic acids is 1. The van der Waals surface area contributed by atoms with Crippen molar-refractivity contribution in [2.24, 2.45) is 0 Å². The Labute approximate surface area is 108 Å². The molecule has 0 amide bonds. The van der Waals surface area contributed by atoms with Crippen LogP contribution in [-0.4, -0.2) is 18.1 Å². The van der Waals surface area contributed by atoms with Crippen molar-refractivity contribution in [3.8, 4) is 11.3 Å². The predicted octanol–water partition coefficient (Wildman–Crippen LogP) is 3.33. The van der Waals surface area contributed by atoms with E-state index in [0.717, 1.165) is 6.07 Å². The fourth-order valence-corrected chi connectivity index (χ4v) is 1.72. The second kappa shape index (κ2) is 5.14. The molecule has 0 unspecified atom stereocenters. The number of benzene rings is 1. The van der Waals surface area contributed by atoms with Crippen LogP contribution < -0.4 is 0 Å². The Bertz CT molecular complexity index is 587. The van der Waals surface area contributed by atoms with E-state index in [9.17, 15) is 9.18 Å². The van der Waals surface area contributed by atoms with Gasteiger partial charge in [-0.25, -0.2) is 14.2 Å². The lowest BCUT2D eigenvalue weighted by Crippen LogP contribution is -2.07. The Morgan fingerprint density at radius 3 is 2.61 bits per heavy atom. The highest BCUT2D eigenvalue weighted by Gasteiger charge is 2.17. The van der Waals surface area contributed by atoms with Gasteiger partial charge in [-0.05, 0) is 6.07 Å². The molecule has 18 heavy (non-hydrogen) atoms. The monoisotopic (exact) mass is 265 g/mol. The lowest BCUT2D eigenvalue weighted by molar-refractivity contribution is 0.0594. The predicted molar refractivity (Wildman–Crippen MR) is 66.0 cm³/mol. The molecule has 0 radical (unpaired) electrons. The van der Waals surface area contributed by atoms with Crippen LogP contribution in [0.4, 0.5) is 4.39 Å². The van der Waals surface area contributed by atoms with Gasteiger partial charge in [-0.2, -0.15) is 0 Å². The quantitative estimate of drug-likeness (QED) is 0.782. The normalized spacial score (nSPS) is 10.2. The lowest BCUT2D eigenvalue weighted by atomic mass is 10.1. The maximum atomic E-state index is 13.8. The fourth-order valence-electron chi connectivity index (χ4n) is 1.50. The summed E-state index contributed by atoms with van der Waals surface area (Å²) >= 11 is 5.76. The van der Waals surface area contributed by atoms with Crippen molar-refractivity contribution in [1.29, 1.82) is 0 Å². The summed E-state index contributed by atoms with van der Waals surface area (Å²) in [7, 11) is 1.21. The van der Waals surface area contributed by atoms with Gasteiger partial charge < -0.3 is 4.74 Å². The Morgan fingerprint density at radius 2 is 2.00 bits per heavy atom. The van der Waals surface area contributed by atoms with Crippen LogP contribution in [0.5, 0.6) is 0 Å². The number of aromatic nitrogens is 1. The van der Waals surface area contributed by atoms with Gasteiger partial charge in [0.25, 0.3) is 0 Å². The number of carbonyl (C=O) groups is 1. The number of nitrogens with zero attached hydrogens (tertiary/aromatic N) is 1. The Hall–Kier alpha value is -1.94. The van der Waals surface area contributed by atoms with Crippen LogP contribution in [0.3, 0.4) is 0 Å². The number of halogens is 2. The van der Waals surface area contributed by atoms with E-state index in [2.05, 4.69) is 9.72 Å². The van der Waals surface area contributed by atoms with Gasteiger partial charge in [-0.3, -0.25) is 0 Å². The van der Waals surface area contributed by atoms with E-state index >= 15 is 0 Å². The maximum absolute atomic E-state index is 13.8. The first kappa shape index (κ1) is 12.5. The first-order valence-electron chi connectivity index (χ1n) is 5.13. The largest absolute Gasteiger partial charge is 0.464 e. The number of methoxy groups -OCH3 is 1. The summed E-state index contributed by atoms with van der Waals surface area (Å²) in [5.74, 6) is -1.28. The van der Waals surface area contributed by atoms with Gasteiger partial charge in [0.2, 0.25) is 0 Å². The zero-order valence-corrected chi connectivity index (χ0v) is 10.2. The number of pyridine rings is 1. The minimum atomic E-state index is -0.697. The average molecular weight is 266 g/mol. The number of rotatable bonds is 2. The third kappa shape index (κ3) is 2.33. The van der Waals surface area contributed by atoms with E-state index < -0.39 is 11.8 Å². The molecule has 0 N–H and O–H groups in total. The smallest absolute Gasteiger partial charge is 0.358 e. The highest BCUT2D eigenvalue weighted by atomic mass is 35.5. The Balaban J connectivity index is 2.59. The van der Waals surface area contributed by atoms with E-state index in [1.54, 1.807) is 30.3 Å². The van der Waals surface area contributed by atoms with Gasteiger partial charge in [0.15, 0.2) is 11.5 Å². The van der Waals surface area contributed by atoms with E-state index in [-0.39, 0.29) is 16.4 Å². The van der Waals surface area contributed by atoms with Crippen LogP contribution in [0.1, 0.15) is 10.5 Å². The summed E-state index contributed by atoms with van der Waals surface area (Å²) in [6.07, 6.45) is 0. The molecular weight excluding hydrogens is 257 g/mol. The third-order valence-electron chi connectivity index (χ3n) is 2.36. The van der Waals surface area contributed by atoms with Gasteiger partial charge in [0.1, 0.15) is 5.69 Å². The van der Waals surface area contributed by atoms with Gasteiger partial charge in [0.05, 0.1) is 12.1 Å². The molecule has 2 rings (SSSR count). The van der Waals surface area contributed by atoms with Gasteiger partial charge in [-0.15, -0.1) is 0 Å². The molecule has 1 aromatic heterocycles. The van der Waals surface area contributed by atoms with Crippen molar-refractivity contribution in [2.45, 2.75) is 0 Å². The highest BCUT2D eigenvalue weighted by Crippen LogP contribution is 2.25. The number of ether oxygens (including phenoxy) is 1. The Kier molecular flexibility index (Phi) is 3.58. The standard InChI is InChI=1S/C13H9ClFNO2/c1-18-13(17)12-9(14)7-10(15)11(16-12)8-5-3-2-4-6-8/h2-7H,1H3. The fraction of sp³-hybridized carbons (Fsp3) is 0.0769. The number of esters is 1. The zero-order valence-electron chi connectivity index (χ0n) is 9.48. The topological polar surface area (TPSA) is 39.2 Å². The zero-order chi connectivity index (χ0) is 13.1. The summed E-state index contributed by atoms with van der Waals surface area (Å²) in [6, 6.07) is 9.76. The van der Waals surface area contributed by atoms with Crippen LogP contribution in [-0.2, 0) is 4.74 Å². The first-order chi connectivity index (χ1) is 8.63. The van der Waals surface area contributed by atoms with Crippen LogP contribution in [0, 0.1) is 5.82 Å². The molecule has 0 aliphatic carbocycles. The summed E-state index contributed by atoms with van der Waals surface area (Å²) in [6.45, 7) is 0. The number of hydrogen-bond donors (Lipinski definition) is 0. The van der Waals surface area contributed by atoms with E-state index in [1.807, 2.05) is 0 Å². The molecule has 0 saturated heterocycles. The number of hydrogen-bond acceptors (Lipinski definition) is 3. The van der Waals surface area contributed by atoms with Crippen molar-refractivity contribution in [1.82, 2.24) is 4.98 Å². The molecule has 0 bridgehead atoms. The molecule has 0 spiro atoms. The van der Waals surface area contributed by atoms with Gasteiger partial charge in [0, 0.05) is 5.56 Å². The highest BCUT2D eigenvalue weighted by molar-refractivity contribution is 6.33. The van der Waals surface area contributed by atoms with Crippen molar-refractivity contribution in [3.05, 3.63) is 52.9 Å². The average Bonchev–Trinajstić information content (AvgIpc) is 2.39. The molecule has 2 aromatic rings. The second-order valence-corrected chi connectivity index (χ2v) is 3.91. The molecular formula is C13H9ClFNO2. The van der Waals surface area contributed by atoms with Crippen LogP contribution >= 0.6 is 11.6 Å². The van der Waals surface area contributed by atoms with E-state index in [0.29, 0.717) is 5.56 Å². The second-order valence-electron chi connectivity index (χ2n) is 3.51. The van der Waals surface area contributed by atoms with Crippen LogP contribution in [0.15, 0.2) is 36.4 Å². The van der Waals surface area contributed by atoms with E-state index in [1.165, 1.54) is 7.11 Å². The molecule has 1 aromatic carbocycles. The molecule has 0 aliphatic rings. The summed E-state index contributed by atoms with van der Waals surface area (Å²) in [5, 5.41) is -0.0703. The lowest BCUT2D eigenvalue weighted by Gasteiger charge is -2.06. The molecule has 0 atom stereocenters. The SMILES string of the molecule is COC(=O)c1nc(-c2ccccc2)c(F)cc1Cl. The van der Waals surface area contributed by atoms with Crippen molar-refractivity contribution in [3.63, 3.8) is 0 Å². The van der Waals surface area contributed by atoms with Gasteiger partial charge in [-0.1, -0.05) is 41.9 Å². The molecule has 0 aliphatic heterocycles. The summed E-state index contributed by atoms with van der Waals surface area (Å²) < 4.78 is 18.3. The maximum Gasteiger partial charge on any atom is 0.358 e. The third-order valence-corrected chi connectivity index (χ3v) is 2.64. The van der Waals surface area contributed by atoms with Crippen molar-refractivity contribution in [2.75, 3.05) is 7.11 Å². The minimum absolute atomic E-state index is 0.0698. The van der Waals surface area contributed by atoms with Gasteiger partial charge >= 0.3 is 5.97 Å². The minimum Gasteiger partial charge on any atom is -0.464 e.